The first-order chi connectivity index (χ1) is 9.40. The predicted octanol–water partition coefficient (Wildman–Crippen LogP) is 2.09. The van der Waals surface area contributed by atoms with Crippen LogP contribution >= 0.6 is 0 Å². The van der Waals surface area contributed by atoms with Crippen molar-refractivity contribution < 1.29 is 14.0 Å². The highest BCUT2D eigenvalue weighted by Crippen LogP contribution is 2.24. The van der Waals surface area contributed by atoms with E-state index in [1.54, 1.807) is 24.0 Å². The number of Topliss-reactive ketones (excluding diaryl/α,β-unsaturated/α-hetero) is 1. The second-order valence-corrected chi connectivity index (χ2v) is 5.23. The van der Waals surface area contributed by atoms with Crippen molar-refractivity contribution in [2.24, 2.45) is 0 Å². The maximum absolute atomic E-state index is 14.1. The minimum atomic E-state index is -0.388. The largest absolute Gasteiger partial charge is 0.365 e. The highest BCUT2D eigenvalue weighted by atomic mass is 19.1. The molecule has 1 aliphatic heterocycles. The van der Waals surface area contributed by atoms with Gasteiger partial charge >= 0.3 is 0 Å². The molecule has 0 aliphatic carbocycles. The molecule has 4 nitrogen and oxygen atoms in total. The van der Waals surface area contributed by atoms with Gasteiger partial charge in [0, 0.05) is 38.2 Å². The van der Waals surface area contributed by atoms with E-state index in [1.165, 1.54) is 13.0 Å². The topological polar surface area (TPSA) is 40.6 Å². The molecule has 108 valence electrons. The number of halogens is 1. The monoisotopic (exact) mass is 278 g/mol. The SMILES string of the molecule is CC(=O)c1ccc(N2CCN(C(C)=O)[C@@H](C)C2)c(F)c1. The van der Waals surface area contributed by atoms with Crippen molar-refractivity contribution in [1.82, 2.24) is 4.90 Å². The van der Waals surface area contributed by atoms with E-state index in [9.17, 15) is 14.0 Å². The Balaban J connectivity index is 2.18. The molecule has 0 N–H and O–H groups in total. The number of rotatable bonds is 2. The molecule has 1 heterocycles. The Hall–Kier alpha value is -1.91. The normalized spacial score (nSPS) is 19.1. The van der Waals surface area contributed by atoms with Gasteiger partial charge in [-0.2, -0.15) is 0 Å². The lowest BCUT2D eigenvalue weighted by atomic mass is 10.1. The van der Waals surface area contributed by atoms with Crippen molar-refractivity contribution >= 4 is 17.4 Å². The molecule has 2 rings (SSSR count). The molecule has 1 aromatic carbocycles. The zero-order chi connectivity index (χ0) is 14.9. The van der Waals surface area contributed by atoms with Crippen LogP contribution in [0.15, 0.2) is 18.2 Å². The maximum atomic E-state index is 14.1. The quantitative estimate of drug-likeness (QED) is 0.778. The van der Waals surface area contributed by atoms with E-state index in [0.29, 0.717) is 30.9 Å². The van der Waals surface area contributed by atoms with Gasteiger partial charge in [0.2, 0.25) is 5.91 Å². The van der Waals surface area contributed by atoms with Crippen LogP contribution in [0.5, 0.6) is 0 Å². The third-order valence-electron chi connectivity index (χ3n) is 3.73. The van der Waals surface area contributed by atoms with E-state index >= 15 is 0 Å². The fourth-order valence-corrected chi connectivity index (χ4v) is 2.63. The molecule has 5 heteroatoms. The van der Waals surface area contributed by atoms with Crippen LogP contribution in [-0.4, -0.2) is 42.3 Å². The number of nitrogens with zero attached hydrogens (tertiary/aromatic N) is 2. The third kappa shape index (κ3) is 2.81. The number of carbonyl (C=O) groups excluding carboxylic acids is 2. The molecule has 0 spiro atoms. The number of hydrogen-bond acceptors (Lipinski definition) is 3. The average Bonchev–Trinajstić information content (AvgIpc) is 2.37. The van der Waals surface area contributed by atoms with Gasteiger partial charge in [-0.1, -0.05) is 0 Å². The molecular formula is C15H19FN2O2. The summed E-state index contributed by atoms with van der Waals surface area (Å²) in [5, 5.41) is 0. The summed E-state index contributed by atoms with van der Waals surface area (Å²) < 4.78 is 14.1. The van der Waals surface area contributed by atoms with Crippen molar-refractivity contribution in [3.05, 3.63) is 29.6 Å². The van der Waals surface area contributed by atoms with E-state index in [-0.39, 0.29) is 23.5 Å². The van der Waals surface area contributed by atoms with Gasteiger partial charge in [-0.25, -0.2) is 4.39 Å². The summed E-state index contributed by atoms with van der Waals surface area (Å²) in [6, 6.07) is 4.61. The standard InChI is InChI=1S/C15H19FN2O2/c1-10-9-17(6-7-18(10)12(3)20)15-5-4-13(11(2)19)8-14(15)16/h4-5,8,10H,6-7,9H2,1-3H3/t10-/m0/s1. The Morgan fingerprint density at radius 3 is 2.45 bits per heavy atom. The number of amides is 1. The molecular weight excluding hydrogens is 259 g/mol. The van der Waals surface area contributed by atoms with E-state index in [0.717, 1.165) is 0 Å². The fourth-order valence-electron chi connectivity index (χ4n) is 2.63. The van der Waals surface area contributed by atoms with Crippen LogP contribution in [0.3, 0.4) is 0 Å². The van der Waals surface area contributed by atoms with Crippen molar-refractivity contribution in [2.45, 2.75) is 26.8 Å². The van der Waals surface area contributed by atoms with Gasteiger partial charge in [0.05, 0.1) is 5.69 Å². The number of hydrogen-bond donors (Lipinski definition) is 0. The minimum absolute atomic E-state index is 0.0459. The molecule has 1 aromatic rings. The molecule has 0 aromatic heterocycles. The molecule has 1 fully saturated rings. The first-order valence-corrected chi connectivity index (χ1v) is 6.72. The van der Waals surface area contributed by atoms with E-state index in [4.69, 9.17) is 0 Å². The summed E-state index contributed by atoms with van der Waals surface area (Å²) in [5.74, 6) is -0.490. The Bertz CT molecular complexity index is 545. The highest BCUT2D eigenvalue weighted by Gasteiger charge is 2.26. The Kier molecular flexibility index (Phi) is 4.06. The highest BCUT2D eigenvalue weighted by molar-refractivity contribution is 5.94. The second kappa shape index (κ2) is 5.61. The number of ketones is 1. The van der Waals surface area contributed by atoms with Crippen molar-refractivity contribution in [2.75, 3.05) is 24.5 Å². The van der Waals surface area contributed by atoms with E-state index in [2.05, 4.69) is 0 Å². The first kappa shape index (κ1) is 14.5. The van der Waals surface area contributed by atoms with Crippen LogP contribution < -0.4 is 4.90 Å². The minimum Gasteiger partial charge on any atom is -0.365 e. The molecule has 20 heavy (non-hydrogen) atoms. The lowest BCUT2D eigenvalue weighted by molar-refractivity contribution is -0.131. The van der Waals surface area contributed by atoms with Crippen LogP contribution in [0, 0.1) is 5.82 Å². The summed E-state index contributed by atoms with van der Waals surface area (Å²) in [5.41, 5.74) is 0.867. The molecule has 1 amide bonds. The van der Waals surface area contributed by atoms with Crippen molar-refractivity contribution in [3.63, 3.8) is 0 Å². The van der Waals surface area contributed by atoms with Gasteiger partial charge in [-0.15, -0.1) is 0 Å². The van der Waals surface area contributed by atoms with Gasteiger partial charge in [0.15, 0.2) is 5.78 Å². The molecule has 0 saturated carbocycles. The fraction of sp³-hybridized carbons (Fsp3) is 0.467. The van der Waals surface area contributed by atoms with E-state index < -0.39 is 0 Å². The van der Waals surface area contributed by atoms with Crippen molar-refractivity contribution in [3.8, 4) is 0 Å². The molecule has 1 saturated heterocycles. The maximum Gasteiger partial charge on any atom is 0.219 e. The van der Waals surface area contributed by atoms with Gasteiger partial charge in [-0.05, 0) is 32.0 Å². The summed E-state index contributed by atoms with van der Waals surface area (Å²) in [6.45, 7) is 6.70. The number of benzene rings is 1. The van der Waals surface area contributed by atoms with Gasteiger partial charge in [-0.3, -0.25) is 9.59 Å². The lowest BCUT2D eigenvalue weighted by Gasteiger charge is -2.40. The summed E-state index contributed by atoms with van der Waals surface area (Å²) in [7, 11) is 0. The summed E-state index contributed by atoms with van der Waals surface area (Å²) in [4.78, 5) is 26.4. The smallest absolute Gasteiger partial charge is 0.219 e. The van der Waals surface area contributed by atoms with Crippen LogP contribution in [0.1, 0.15) is 31.1 Å². The summed E-state index contributed by atoms with van der Waals surface area (Å²) >= 11 is 0. The van der Waals surface area contributed by atoms with E-state index in [1.807, 2.05) is 11.8 Å². The van der Waals surface area contributed by atoms with Crippen LogP contribution in [0.25, 0.3) is 0 Å². The van der Waals surface area contributed by atoms with Crippen LogP contribution in [0.2, 0.25) is 0 Å². The number of anilines is 1. The third-order valence-corrected chi connectivity index (χ3v) is 3.73. The Morgan fingerprint density at radius 2 is 1.95 bits per heavy atom. The Morgan fingerprint density at radius 1 is 1.25 bits per heavy atom. The van der Waals surface area contributed by atoms with Crippen LogP contribution in [0.4, 0.5) is 10.1 Å². The molecule has 1 atom stereocenters. The predicted molar refractivity (Wildman–Crippen MR) is 75.5 cm³/mol. The number of carbonyl (C=O) groups is 2. The molecule has 0 radical (unpaired) electrons. The summed E-state index contributed by atoms with van der Waals surface area (Å²) in [6.07, 6.45) is 0. The molecule has 1 aliphatic rings. The molecule has 0 unspecified atom stereocenters. The average molecular weight is 278 g/mol. The van der Waals surface area contributed by atoms with Gasteiger partial charge in [0.1, 0.15) is 5.82 Å². The lowest BCUT2D eigenvalue weighted by Crippen LogP contribution is -2.53. The van der Waals surface area contributed by atoms with Gasteiger partial charge in [0.25, 0.3) is 0 Å². The number of piperazine rings is 1. The second-order valence-electron chi connectivity index (χ2n) is 5.23. The first-order valence-electron chi connectivity index (χ1n) is 6.72. The van der Waals surface area contributed by atoms with Crippen LogP contribution in [-0.2, 0) is 4.79 Å². The van der Waals surface area contributed by atoms with Gasteiger partial charge < -0.3 is 9.80 Å². The zero-order valence-corrected chi connectivity index (χ0v) is 12.0. The Labute approximate surface area is 118 Å². The zero-order valence-electron chi connectivity index (χ0n) is 12.0. The molecule has 0 bridgehead atoms. The van der Waals surface area contributed by atoms with Crippen molar-refractivity contribution in [1.29, 1.82) is 0 Å².